The lowest BCUT2D eigenvalue weighted by Gasteiger charge is -2.43. The Bertz CT molecular complexity index is 2010. The second kappa shape index (κ2) is 14.2. The van der Waals surface area contributed by atoms with Crippen LogP contribution >= 0.6 is 0 Å². The molecule has 1 saturated carbocycles. The van der Waals surface area contributed by atoms with Gasteiger partial charge in [0.05, 0.1) is 25.8 Å². The Kier molecular flexibility index (Phi) is 10.1. The van der Waals surface area contributed by atoms with E-state index in [9.17, 15) is 14.9 Å². The van der Waals surface area contributed by atoms with Gasteiger partial charge in [-0.05, 0) is 66.0 Å². The number of hydrogen-bond acceptors (Lipinski definition) is 9. The summed E-state index contributed by atoms with van der Waals surface area (Å²) in [5.41, 5.74) is 12.4. The smallest absolute Gasteiger partial charge is 0.274 e. The van der Waals surface area contributed by atoms with Crippen LogP contribution in [-0.2, 0) is 31.4 Å². The topological polar surface area (TPSA) is 141 Å². The van der Waals surface area contributed by atoms with E-state index in [0.717, 1.165) is 62.8 Å². The normalized spacial score (nSPS) is 18.8. The molecule has 3 heterocycles. The van der Waals surface area contributed by atoms with Crippen LogP contribution < -0.4 is 20.8 Å². The van der Waals surface area contributed by atoms with Gasteiger partial charge in [-0.15, -0.1) is 0 Å². The van der Waals surface area contributed by atoms with E-state index < -0.39 is 0 Å². The second-order valence-corrected chi connectivity index (χ2v) is 15.6. The summed E-state index contributed by atoms with van der Waals surface area (Å²) in [6.07, 6.45) is 7.65. The molecular formula is C41H51N7O4. The number of amides is 1. The van der Waals surface area contributed by atoms with E-state index >= 15 is 0 Å². The fraction of sp³-hybridized carbons (Fsp3) is 0.463. The number of allylic oxidation sites excluding steroid dienone is 1. The number of benzene rings is 2. The van der Waals surface area contributed by atoms with Gasteiger partial charge in [0, 0.05) is 75.4 Å². The Morgan fingerprint density at radius 1 is 1.12 bits per heavy atom. The lowest BCUT2D eigenvalue weighted by atomic mass is 9.88. The number of pyridine rings is 1. The number of methoxy groups -OCH3 is 2. The van der Waals surface area contributed by atoms with Crippen LogP contribution in [0.5, 0.6) is 11.5 Å². The summed E-state index contributed by atoms with van der Waals surface area (Å²) in [6, 6.07) is 12.4. The number of carbonyl (C=O) groups excluding carboxylic acids is 1. The number of anilines is 1. The van der Waals surface area contributed by atoms with Crippen LogP contribution in [0.4, 0.5) is 5.69 Å². The van der Waals surface area contributed by atoms with Crippen molar-refractivity contribution in [3.63, 3.8) is 0 Å². The Morgan fingerprint density at radius 2 is 1.81 bits per heavy atom. The fourth-order valence-electron chi connectivity index (χ4n) is 8.08. The van der Waals surface area contributed by atoms with Crippen molar-refractivity contribution >= 4 is 17.8 Å². The lowest BCUT2D eigenvalue weighted by Crippen LogP contribution is -2.54. The summed E-state index contributed by atoms with van der Waals surface area (Å²) in [7, 11) is 4.95. The Balaban J connectivity index is 1.19. The van der Waals surface area contributed by atoms with Crippen LogP contribution in [0.25, 0.3) is 11.1 Å². The summed E-state index contributed by atoms with van der Waals surface area (Å²) in [5, 5.41) is 17.7. The first kappa shape index (κ1) is 36.9. The Labute approximate surface area is 306 Å². The zero-order chi connectivity index (χ0) is 37.5. The molecule has 3 aliphatic rings. The maximum absolute atomic E-state index is 13.5. The number of nitrogens with zero attached hydrogens (tertiary/aromatic N) is 5. The number of piperazine rings is 1. The predicted molar refractivity (Wildman–Crippen MR) is 204 cm³/mol. The Morgan fingerprint density at radius 3 is 2.40 bits per heavy atom. The molecule has 0 radical (unpaired) electrons. The molecular weight excluding hydrogens is 654 g/mol. The molecule has 11 nitrogen and oxygen atoms in total. The standard InChI is InChI=1S/C41H51N7O4/c1-26-30-10-8-9-27(31(30)11-14-48(26)38(49)29(20-42)19-40(2,3)4)22-47-16-15-46(25-41(47)12-13-41)24-34-35(51-6)17-28(18-36(34)52-7)33-23-45(5)39(50)37(44)32(33)21-43/h8-10,17-19,21,23,26,43H,11-16,22,24-25,44H2,1-7H3/b29-19+,43-21?. The number of fused-ring (bicyclic) bond motifs is 1. The average molecular weight is 706 g/mol. The molecule has 3 N–H and O–H groups in total. The van der Waals surface area contributed by atoms with Gasteiger partial charge in [0.1, 0.15) is 28.8 Å². The van der Waals surface area contributed by atoms with Gasteiger partial charge in [-0.1, -0.05) is 45.0 Å². The zero-order valence-electron chi connectivity index (χ0n) is 31.5. The van der Waals surface area contributed by atoms with Crippen LogP contribution in [0.2, 0.25) is 0 Å². The van der Waals surface area contributed by atoms with Crippen molar-refractivity contribution in [1.29, 1.82) is 10.7 Å². The quantitative estimate of drug-likeness (QED) is 0.170. The van der Waals surface area contributed by atoms with Crippen molar-refractivity contribution in [1.82, 2.24) is 19.3 Å². The number of aryl methyl sites for hydroxylation is 1. The van der Waals surface area contributed by atoms with Crippen LogP contribution in [0.3, 0.4) is 0 Å². The van der Waals surface area contributed by atoms with Gasteiger partial charge in [-0.2, -0.15) is 5.26 Å². The monoisotopic (exact) mass is 705 g/mol. The molecule has 1 atom stereocenters. The number of ether oxygens (including phenoxy) is 2. The van der Waals surface area contributed by atoms with Crippen molar-refractivity contribution in [3.8, 4) is 28.7 Å². The number of aromatic nitrogens is 1. The minimum atomic E-state index is -0.342. The van der Waals surface area contributed by atoms with Crippen molar-refractivity contribution in [2.45, 2.75) is 71.6 Å². The minimum absolute atomic E-state index is 0.0328. The third kappa shape index (κ3) is 6.97. The maximum Gasteiger partial charge on any atom is 0.274 e. The molecule has 1 aromatic heterocycles. The zero-order valence-corrected chi connectivity index (χ0v) is 31.5. The predicted octanol–water partition coefficient (Wildman–Crippen LogP) is 5.44. The molecule has 3 aromatic rings. The van der Waals surface area contributed by atoms with Gasteiger partial charge in [0.2, 0.25) is 0 Å². The number of nitrogens with two attached hydrogens (primary N) is 1. The van der Waals surface area contributed by atoms with Crippen LogP contribution in [0.1, 0.15) is 74.4 Å². The van der Waals surface area contributed by atoms with E-state index in [2.05, 4.69) is 41.0 Å². The second-order valence-electron chi connectivity index (χ2n) is 15.6. The highest BCUT2D eigenvalue weighted by molar-refractivity contribution is 5.98. The molecule has 1 aliphatic carbocycles. The molecule has 2 aliphatic heterocycles. The number of hydrogen-bond donors (Lipinski definition) is 2. The molecule has 274 valence electrons. The highest BCUT2D eigenvalue weighted by atomic mass is 16.5. The minimum Gasteiger partial charge on any atom is -0.496 e. The third-order valence-corrected chi connectivity index (χ3v) is 11.0. The molecule has 0 bridgehead atoms. The first-order valence-corrected chi connectivity index (χ1v) is 18.0. The van der Waals surface area contributed by atoms with Crippen molar-refractivity contribution in [2.24, 2.45) is 12.5 Å². The maximum atomic E-state index is 13.5. The number of nitriles is 1. The van der Waals surface area contributed by atoms with Crippen LogP contribution in [0, 0.1) is 22.2 Å². The van der Waals surface area contributed by atoms with Crippen LogP contribution in [-0.4, -0.2) is 77.3 Å². The van der Waals surface area contributed by atoms with Crippen molar-refractivity contribution in [2.75, 3.05) is 46.1 Å². The first-order chi connectivity index (χ1) is 24.7. The lowest BCUT2D eigenvalue weighted by molar-refractivity contribution is -0.129. The molecule has 6 rings (SSSR count). The van der Waals surface area contributed by atoms with Gasteiger partial charge in [0.15, 0.2) is 0 Å². The van der Waals surface area contributed by atoms with Gasteiger partial charge in [-0.25, -0.2) is 0 Å². The van der Waals surface area contributed by atoms with E-state index in [1.807, 2.05) is 37.8 Å². The fourth-order valence-corrected chi connectivity index (χ4v) is 8.08. The summed E-state index contributed by atoms with van der Waals surface area (Å²) < 4.78 is 13.3. The number of nitrogen functional groups attached to an aromatic ring is 1. The molecule has 2 fully saturated rings. The van der Waals surface area contributed by atoms with E-state index in [1.165, 1.54) is 21.3 Å². The number of nitrogens with one attached hydrogen (secondary N) is 1. The number of carbonyl (C=O) groups is 1. The van der Waals surface area contributed by atoms with E-state index in [4.69, 9.17) is 20.6 Å². The van der Waals surface area contributed by atoms with Crippen molar-refractivity contribution < 1.29 is 14.3 Å². The van der Waals surface area contributed by atoms with Gasteiger partial charge in [0.25, 0.3) is 11.5 Å². The molecule has 11 heteroatoms. The summed E-state index contributed by atoms with van der Waals surface area (Å²) in [4.78, 5) is 33.0. The Hall–Kier alpha value is -4.92. The highest BCUT2D eigenvalue weighted by Crippen LogP contribution is 2.47. The molecule has 1 saturated heterocycles. The molecule has 2 aromatic carbocycles. The first-order valence-electron chi connectivity index (χ1n) is 18.0. The third-order valence-electron chi connectivity index (χ3n) is 11.0. The largest absolute Gasteiger partial charge is 0.496 e. The van der Waals surface area contributed by atoms with Crippen LogP contribution in [0.15, 0.2) is 53.0 Å². The SMILES string of the molecule is COc1cc(-c2cn(C)c(=O)c(N)c2C=N)cc(OC)c1CN1CCN(Cc2cccc3c2CCN(C(=O)/C(C#N)=C/C(C)(C)C)C3C)C2(CC2)C1. The van der Waals surface area contributed by atoms with E-state index in [1.54, 1.807) is 33.5 Å². The summed E-state index contributed by atoms with van der Waals surface area (Å²) >= 11 is 0. The van der Waals surface area contributed by atoms with Gasteiger partial charge < -0.3 is 30.1 Å². The van der Waals surface area contributed by atoms with E-state index in [0.29, 0.717) is 35.7 Å². The number of rotatable bonds is 9. The van der Waals surface area contributed by atoms with Gasteiger partial charge >= 0.3 is 0 Å². The van der Waals surface area contributed by atoms with E-state index in [-0.39, 0.29) is 39.7 Å². The van der Waals surface area contributed by atoms with Gasteiger partial charge in [-0.3, -0.25) is 19.4 Å². The summed E-state index contributed by atoms with van der Waals surface area (Å²) in [6.45, 7) is 12.9. The molecule has 52 heavy (non-hydrogen) atoms. The van der Waals surface area contributed by atoms with Crippen molar-refractivity contribution in [3.05, 3.63) is 86.3 Å². The summed E-state index contributed by atoms with van der Waals surface area (Å²) in [5.74, 6) is 1.17. The molecule has 1 unspecified atom stereocenters. The molecule has 1 spiro atoms. The highest BCUT2D eigenvalue weighted by Gasteiger charge is 2.51. The average Bonchev–Trinajstić information content (AvgIpc) is 3.89. The molecule has 1 amide bonds.